The van der Waals surface area contributed by atoms with Crippen LogP contribution >= 0.6 is 11.6 Å². The molecule has 23 heavy (non-hydrogen) atoms. The highest BCUT2D eigenvalue weighted by atomic mass is 35.5. The van der Waals surface area contributed by atoms with Gasteiger partial charge < -0.3 is 15.4 Å². The Labute approximate surface area is 140 Å². The molecule has 2 heterocycles. The molecule has 3 rings (SSSR count). The van der Waals surface area contributed by atoms with Gasteiger partial charge in [0.15, 0.2) is 0 Å². The number of nitrogens with zero attached hydrogens (tertiary/aromatic N) is 1. The molecule has 6 heteroatoms. The third-order valence-electron chi connectivity index (χ3n) is 3.74. The van der Waals surface area contributed by atoms with E-state index in [1.165, 1.54) is 0 Å². The van der Waals surface area contributed by atoms with Crippen molar-refractivity contribution in [2.45, 2.75) is 19.0 Å². The molecular formula is C17H18ClN3O2. The Morgan fingerprint density at radius 3 is 2.87 bits per heavy atom. The van der Waals surface area contributed by atoms with Crippen LogP contribution in [0.1, 0.15) is 22.3 Å². The summed E-state index contributed by atoms with van der Waals surface area (Å²) in [5, 5.41) is 6.48. The summed E-state index contributed by atoms with van der Waals surface area (Å²) < 4.78 is 5.70. The van der Waals surface area contributed by atoms with Crippen LogP contribution in [0.3, 0.4) is 0 Å². The largest absolute Gasteiger partial charge is 0.490 e. The van der Waals surface area contributed by atoms with Crippen molar-refractivity contribution >= 4 is 17.5 Å². The second-order valence-corrected chi connectivity index (χ2v) is 5.78. The Morgan fingerprint density at radius 2 is 2.17 bits per heavy atom. The highest BCUT2D eigenvalue weighted by Gasteiger charge is 2.17. The lowest BCUT2D eigenvalue weighted by atomic mass is 10.1. The first kappa shape index (κ1) is 15.8. The number of amides is 1. The van der Waals surface area contributed by atoms with Crippen molar-refractivity contribution in [1.82, 2.24) is 15.6 Å². The number of ether oxygens (including phenoxy) is 1. The molecule has 0 unspecified atom stereocenters. The zero-order chi connectivity index (χ0) is 16.1. The molecule has 0 aliphatic carbocycles. The van der Waals surface area contributed by atoms with Gasteiger partial charge in [-0.3, -0.25) is 4.79 Å². The van der Waals surface area contributed by atoms with Crippen molar-refractivity contribution in [3.05, 3.63) is 58.9 Å². The van der Waals surface area contributed by atoms with Crippen molar-refractivity contribution in [3.63, 3.8) is 0 Å². The van der Waals surface area contributed by atoms with Gasteiger partial charge in [-0.15, -0.1) is 0 Å². The van der Waals surface area contributed by atoms with Crippen LogP contribution in [-0.4, -0.2) is 30.1 Å². The number of carbonyl (C=O) groups excluding carboxylic acids is 1. The Bertz CT molecular complexity index is 675. The van der Waals surface area contributed by atoms with E-state index in [2.05, 4.69) is 15.6 Å². The van der Waals surface area contributed by atoms with E-state index in [4.69, 9.17) is 16.3 Å². The fraction of sp³-hybridized carbons (Fsp3) is 0.294. The molecule has 2 N–H and O–H groups in total. The van der Waals surface area contributed by atoms with E-state index >= 15 is 0 Å². The van der Waals surface area contributed by atoms with Crippen molar-refractivity contribution in [2.75, 3.05) is 13.2 Å². The number of rotatable bonds is 6. The molecule has 5 nitrogen and oxygen atoms in total. The Kier molecular flexibility index (Phi) is 5.10. The number of pyridine rings is 1. The molecule has 1 atom stereocenters. The summed E-state index contributed by atoms with van der Waals surface area (Å²) in [6.45, 7) is 1.96. The minimum Gasteiger partial charge on any atom is -0.490 e. The molecule has 1 aromatic heterocycles. The van der Waals surface area contributed by atoms with E-state index in [9.17, 15) is 4.79 Å². The predicted octanol–water partition coefficient (Wildman–Crippen LogP) is 2.41. The molecule has 0 bridgehead atoms. The summed E-state index contributed by atoms with van der Waals surface area (Å²) in [6, 6.07) is 11.3. The topological polar surface area (TPSA) is 63.2 Å². The maximum Gasteiger partial charge on any atom is 0.251 e. The van der Waals surface area contributed by atoms with Gasteiger partial charge in [0.25, 0.3) is 5.91 Å². The lowest BCUT2D eigenvalue weighted by Crippen LogP contribution is -2.46. The second kappa shape index (κ2) is 7.44. The van der Waals surface area contributed by atoms with Gasteiger partial charge in [0, 0.05) is 23.7 Å². The number of hydrogen-bond acceptors (Lipinski definition) is 4. The number of carbonyl (C=O) groups is 1. The smallest absolute Gasteiger partial charge is 0.251 e. The predicted molar refractivity (Wildman–Crippen MR) is 88.8 cm³/mol. The van der Waals surface area contributed by atoms with Crippen LogP contribution in [-0.2, 0) is 6.54 Å². The second-order valence-electron chi connectivity index (χ2n) is 5.42. The van der Waals surface area contributed by atoms with Crippen LogP contribution in [0, 0.1) is 0 Å². The van der Waals surface area contributed by atoms with Crippen molar-refractivity contribution in [1.29, 1.82) is 0 Å². The zero-order valence-electron chi connectivity index (χ0n) is 12.6. The molecule has 0 saturated carbocycles. The normalized spacial score (nSPS) is 16.5. The fourth-order valence-electron chi connectivity index (χ4n) is 2.23. The average Bonchev–Trinajstić information content (AvgIpc) is 2.54. The van der Waals surface area contributed by atoms with E-state index in [-0.39, 0.29) is 5.91 Å². The summed E-state index contributed by atoms with van der Waals surface area (Å²) in [6.07, 6.45) is 2.73. The number of hydrogen-bond donors (Lipinski definition) is 2. The lowest BCUT2D eigenvalue weighted by molar-refractivity contribution is 0.0951. The van der Waals surface area contributed by atoms with E-state index in [0.717, 1.165) is 18.5 Å². The monoisotopic (exact) mass is 331 g/mol. The maximum atomic E-state index is 12.1. The molecule has 0 spiro atoms. The van der Waals surface area contributed by atoms with Gasteiger partial charge in [-0.05, 0) is 31.2 Å². The van der Waals surface area contributed by atoms with Crippen LogP contribution in [0.2, 0.25) is 5.15 Å². The summed E-state index contributed by atoms with van der Waals surface area (Å²) in [4.78, 5) is 16.2. The van der Waals surface area contributed by atoms with E-state index in [1.54, 1.807) is 18.3 Å². The third kappa shape index (κ3) is 4.21. The molecule has 1 saturated heterocycles. The first-order chi connectivity index (χ1) is 11.2. The van der Waals surface area contributed by atoms with Gasteiger partial charge in [0.05, 0.1) is 6.20 Å². The molecule has 2 aromatic rings. The molecule has 1 aromatic carbocycles. The summed E-state index contributed by atoms with van der Waals surface area (Å²) >= 11 is 6.10. The van der Waals surface area contributed by atoms with E-state index in [0.29, 0.717) is 35.7 Å². The molecule has 0 radical (unpaired) electrons. The van der Waals surface area contributed by atoms with Gasteiger partial charge in [-0.25, -0.2) is 4.98 Å². The van der Waals surface area contributed by atoms with Crippen LogP contribution in [0.4, 0.5) is 0 Å². The summed E-state index contributed by atoms with van der Waals surface area (Å²) in [7, 11) is 0. The minimum atomic E-state index is -0.147. The molecule has 1 fully saturated rings. The lowest BCUT2D eigenvalue weighted by Gasteiger charge is -2.27. The van der Waals surface area contributed by atoms with Crippen LogP contribution in [0.5, 0.6) is 5.75 Å². The number of benzene rings is 1. The molecule has 1 aliphatic rings. The van der Waals surface area contributed by atoms with Crippen molar-refractivity contribution in [3.8, 4) is 5.75 Å². The van der Waals surface area contributed by atoms with Crippen LogP contribution in [0.25, 0.3) is 0 Å². The average molecular weight is 332 g/mol. The molecule has 1 amide bonds. The van der Waals surface area contributed by atoms with Crippen LogP contribution in [0.15, 0.2) is 42.6 Å². The number of aromatic nitrogens is 1. The van der Waals surface area contributed by atoms with Crippen LogP contribution < -0.4 is 15.4 Å². The third-order valence-corrected chi connectivity index (χ3v) is 4.08. The van der Waals surface area contributed by atoms with E-state index in [1.807, 2.05) is 24.3 Å². The Morgan fingerprint density at radius 1 is 1.39 bits per heavy atom. The standard InChI is InChI=1S/C17H18ClN3O2/c18-16-13(9-21-17(22)12-4-2-1-3-5-12)8-15(10-20-16)23-11-14-6-7-19-14/h1-5,8,10,14,19H,6-7,9,11H2,(H,21,22)/t14-/m0/s1. The Hall–Kier alpha value is -2.11. The first-order valence-electron chi connectivity index (χ1n) is 7.56. The van der Waals surface area contributed by atoms with Gasteiger partial charge in [0.1, 0.15) is 17.5 Å². The van der Waals surface area contributed by atoms with Crippen molar-refractivity contribution in [2.24, 2.45) is 0 Å². The maximum absolute atomic E-state index is 12.1. The molecule has 120 valence electrons. The number of nitrogens with one attached hydrogen (secondary N) is 2. The summed E-state index contributed by atoms with van der Waals surface area (Å²) in [5.41, 5.74) is 1.34. The van der Waals surface area contributed by atoms with Gasteiger partial charge in [-0.2, -0.15) is 0 Å². The van der Waals surface area contributed by atoms with Crippen molar-refractivity contribution < 1.29 is 9.53 Å². The molecular weight excluding hydrogens is 314 g/mol. The number of halogens is 1. The molecule has 1 aliphatic heterocycles. The summed E-state index contributed by atoms with van der Waals surface area (Å²) in [5.74, 6) is 0.513. The highest BCUT2D eigenvalue weighted by Crippen LogP contribution is 2.20. The highest BCUT2D eigenvalue weighted by molar-refractivity contribution is 6.30. The minimum absolute atomic E-state index is 0.147. The zero-order valence-corrected chi connectivity index (χ0v) is 13.3. The van der Waals surface area contributed by atoms with E-state index < -0.39 is 0 Å². The van der Waals surface area contributed by atoms with Gasteiger partial charge in [-0.1, -0.05) is 29.8 Å². The first-order valence-corrected chi connectivity index (χ1v) is 7.94. The Balaban J connectivity index is 1.59. The van der Waals surface area contributed by atoms with Gasteiger partial charge >= 0.3 is 0 Å². The fourth-order valence-corrected chi connectivity index (χ4v) is 2.40. The quantitative estimate of drug-likeness (QED) is 0.798. The van der Waals surface area contributed by atoms with Gasteiger partial charge in [0.2, 0.25) is 0 Å². The SMILES string of the molecule is O=C(NCc1cc(OC[C@@H]2CCN2)cnc1Cl)c1ccccc1.